The zero-order valence-corrected chi connectivity index (χ0v) is 9.52. The molecular formula is C13H8ClNO2. The lowest BCUT2D eigenvalue weighted by Gasteiger charge is -2.00. The molecule has 0 amide bonds. The molecule has 84 valence electrons. The molecular weight excluding hydrogens is 238 g/mol. The van der Waals surface area contributed by atoms with Crippen LogP contribution in [0.2, 0.25) is 5.02 Å². The summed E-state index contributed by atoms with van der Waals surface area (Å²) in [5, 5.41) is 0.426. The van der Waals surface area contributed by atoms with Gasteiger partial charge < -0.3 is 0 Å². The molecule has 4 heteroatoms. The Labute approximate surface area is 103 Å². The van der Waals surface area contributed by atoms with Crippen LogP contribution in [0.15, 0.2) is 48.8 Å². The van der Waals surface area contributed by atoms with Gasteiger partial charge in [-0.1, -0.05) is 23.7 Å². The Hall–Kier alpha value is -2.00. The number of Topliss-reactive ketones (excluding diaryl/α,β-unsaturated/α-hetero) is 2. The van der Waals surface area contributed by atoms with Gasteiger partial charge in [0.1, 0.15) is 0 Å². The molecule has 0 saturated heterocycles. The number of halogens is 1. The van der Waals surface area contributed by atoms with E-state index in [2.05, 4.69) is 4.98 Å². The van der Waals surface area contributed by atoms with Crippen LogP contribution in [0.1, 0.15) is 20.7 Å². The van der Waals surface area contributed by atoms with E-state index >= 15 is 0 Å². The Bertz CT molecular complexity index is 567. The second kappa shape index (κ2) is 4.89. The van der Waals surface area contributed by atoms with Gasteiger partial charge in [-0.25, -0.2) is 0 Å². The summed E-state index contributed by atoms with van der Waals surface area (Å²) in [5.41, 5.74) is 0.559. The number of hydrogen-bond acceptors (Lipinski definition) is 3. The second-order valence-corrected chi connectivity index (χ2v) is 3.85. The van der Waals surface area contributed by atoms with Crippen molar-refractivity contribution in [2.45, 2.75) is 0 Å². The third-order valence-electron chi connectivity index (χ3n) is 2.22. The fourth-order valence-corrected chi connectivity index (χ4v) is 1.58. The van der Waals surface area contributed by atoms with Crippen LogP contribution < -0.4 is 0 Å². The lowest BCUT2D eigenvalue weighted by Crippen LogP contribution is -2.14. The van der Waals surface area contributed by atoms with Crippen molar-refractivity contribution in [3.8, 4) is 0 Å². The van der Waals surface area contributed by atoms with Gasteiger partial charge in [0.25, 0.3) is 0 Å². The summed E-state index contributed by atoms with van der Waals surface area (Å²) in [5.74, 6) is -1.17. The van der Waals surface area contributed by atoms with Crippen molar-refractivity contribution >= 4 is 23.2 Å². The Balaban J connectivity index is 2.30. The Morgan fingerprint density at radius 3 is 2.35 bits per heavy atom. The third kappa shape index (κ3) is 2.57. The minimum atomic E-state index is -0.583. The van der Waals surface area contributed by atoms with E-state index in [9.17, 15) is 9.59 Å². The molecule has 0 unspecified atom stereocenters. The van der Waals surface area contributed by atoms with Crippen LogP contribution in [-0.2, 0) is 0 Å². The highest BCUT2D eigenvalue weighted by molar-refractivity contribution is 6.49. The zero-order valence-electron chi connectivity index (χ0n) is 8.76. The molecule has 0 aliphatic carbocycles. The molecule has 0 atom stereocenters. The second-order valence-electron chi connectivity index (χ2n) is 3.41. The Kier molecular flexibility index (Phi) is 3.30. The largest absolute Gasteiger partial charge is 0.285 e. The number of nitrogens with zero attached hydrogens (tertiary/aromatic N) is 1. The van der Waals surface area contributed by atoms with Crippen molar-refractivity contribution in [1.29, 1.82) is 0 Å². The molecule has 3 nitrogen and oxygen atoms in total. The molecule has 0 aliphatic heterocycles. The van der Waals surface area contributed by atoms with Crippen LogP contribution >= 0.6 is 11.6 Å². The summed E-state index contributed by atoms with van der Waals surface area (Å²) in [6, 6.07) is 9.47. The molecule has 0 bridgehead atoms. The Morgan fingerprint density at radius 1 is 1.00 bits per heavy atom. The molecule has 1 aromatic carbocycles. The molecule has 1 heterocycles. The first-order valence-electron chi connectivity index (χ1n) is 4.93. The topological polar surface area (TPSA) is 47.0 Å². The van der Waals surface area contributed by atoms with Gasteiger partial charge in [0.05, 0.1) is 0 Å². The lowest BCUT2D eigenvalue weighted by atomic mass is 10.0. The SMILES string of the molecule is O=C(C(=O)c1cccc(Cl)c1)c1cccnc1. The fourth-order valence-electron chi connectivity index (χ4n) is 1.39. The maximum atomic E-state index is 11.9. The van der Waals surface area contributed by atoms with E-state index in [1.54, 1.807) is 36.5 Å². The number of carbonyl (C=O) groups is 2. The number of ketones is 2. The van der Waals surface area contributed by atoms with Crippen molar-refractivity contribution in [3.05, 3.63) is 64.9 Å². The lowest BCUT2D eigenvalue weighted by molar-refractivity contribution is 0.0816. The highest BCUT2D eigenvalue weighted by atomic mass is 35.5. The summed E-state index contributed by atoms with van der Waals surface area (Å²) in [7, 11) is 0. The number of carbonyl (C=O) groups excluding carboxylic acids is 2. The minimum absolute atomic E-state index is 0.275. The van der Waals surface area contributed by atoms with Crippen molar-refractivity contribution in [2.24, 2.45) is 0 Å². The monoisotopic (exact) mass is 245 g/mol. The van der Waals surface area contributed by atoms with Crippen molar-refractivity contribution in [3.63, 3.8) is 0 Å². The molecule has 0 spiro atoms. The summed E-state index contributed by atoms with van der Waals surface area (Å²) >= 11 is 5.76. The van der Waals surface area contributed by atoms with Crippen molar-refractivity contribution in [2.75, 3.05) is 0 Å². The van der Waals surface area contributed by atoms with Crippen LogP contribution in [-0.4, -0.2) is 16.6 Å². The summed E-state index contributed by atoms with van der Waals surface area (Å²) in [6.07, 6.45) is 2.91. The quantitative estimate of drug-likeness (QED) is 0.617. The number of rotatable bonds is 3. The highest BCUT2D eigenvalue weighted by Gasteiger charge is 2.18. The van der Waals surface area contributed by atoms with Gasteiger partial charge in [0, 0.05) is 28.5 Å². The van der Waals surface area contributed by atoms with E-state index in [0.717, 1.165) is 0 Å². The van der Waals surface area contributed by atoms with Crippen LogP contribution in [0.5, 0.6) is 0 Å². The van der Waals surface area contributed by atoms with Crippen LogP contribution in [0.25, 0.3) is 0 Å². The van der Waals surface area contributed by atoms with Crippen LogP contribution in [0.3, 0.4) is 0 Å². The third-order valence-corrected chi connectivity index (χ3v) is 2.45. The van der Waals surface area contributed by atoms with E-state index in [1.165, 1.54) is 12.3 Å². The van der Waals surface area contributed by atoms with E-state index in [-0.39, 0.29) is 11.1 Å². The molecule has 0 aliphatic rings. The summed E-state index contributed by atoms with van der Waals surface area (Å²) in [6.45, 7) is 0. The van der Waals surface area contributed by atoms with Gasteiger partial charge in [0.15, 0.2) is 0 Å². The fraction of sp³-hybridized carbons (Fsp3) is 0. The van der Waals surface area contributed by atoms with Crippen LogP contribution in [0.4, 0.5) is 0 Å². The molecule has 1 aromatic heterocycles. The average molecular weight is 246 g/mol. The highest BCUT2D eigenvalue weighted by Crippen LogP contribution is 2.13. The summed E-state index contributed by atoms with van der Waals surface area (Å²) < 4.78 is 0. The van der Waals surface area contributed by atoms with Gasteiger partial charge >= 0.3 is 0 Å². The molecule has 2 rings (SSSR count). The molecule has 0 fully saturated rings. The van der Waals surface area contributed by atoms with E-state index in [0.29, 0.717) is 5.02 Å². The van der Waals surface area contributed by atoms with Crippen molar-refractivity contribution in [1.82, 2.24) is 4.98 Å². The van der Waals surface area contributed by atoms with E-state index < -0.39 is 11.6 Å². The number of pyridine rings is 1. The molecule has 0 radical (unpaired) electrons. The van der Waals surface area contributed by atoms with Gasteiger partial charge in [0.2, 0.25) is 11.6 Å². The van der Waals surface area contributed by atoms with E-state index in [1.807, 2.05) is 0 Å². The van der Waals surface area contributed by atoms with Gasteiger partial charge in [-0.15, -0.1) is 0 Å². The standard InChI is InChI=1S/C13H8ClNO2/c14-11-5-1-3-9(7-11)12(16)13(17)10-4-2-6-15-8-10/h1-8H. The first kappa shape index (κ1) is 11.5. The predicted octanol–water partition coefficient (Wildman–Crippen LogP) is 2.80. The van der Waals surface area contributed by atoms with Gasteiger partial charge in [-0.2, -0.15) is 0 Å². The average Bonchev–Trinajstić information content (AvgIpc) is 2.38. The maximum absolute atomic E-state index is 11.9. The van der Waals surface area contributed by atoms with E-state index in [4.69, 9.17) is 11.6 Å². The normalized spacial score (nSPS) is 9.94. The molecule has 2 aromatic rings. The number of hydrogen-bond donors (Lipinski definition) is 0. The smallest absolute Gasteiger partial charge is 0.235 e. The van der Waals surface area contributed by atoms with Crippen LogP contribution in [0, 0.1) is 0 Å². The first-order chi connectivity index (χ1) is 8.18. The molecule has 0 N–H and O–H groups in total. The van der Waals surface area contributed by atoms with Gasteiger partial charge in [-0.3, -0.25) is 14.6 Å². The first-order valence-corrected chi connectivity index (χ1v) is 5.31. The molecule has 17 heavy (non-hydrogen) atoms. The minimum Gasteiger partial charge on any atom is -0.285 e. The molecule has 0 saturated carbocycles. The summed E-state index contributed by atoms with van der Waals surface area (Å²) in [4.78, 5) is 27.5. The van der Waals surface area contributed by atoms with Gasteiger partial charge in [-0.05, 0) is 24.3 Å². The number of aromatic nitrogens is 1. The number of benzene rings is 1. The maximum Gasteiger partial charge on any atom is 0.235 e. The zero-order chi connectivity index (χ0) is 12.3. The van der Waals surface area contributed by atoms with Crippen molar-refractivity contribution < 1.29 is 9.59 Å². The predicted molar refractivity (Wildman–Crippen MR) is 64.4 cm³/mol. The Morgan fingerprint density at radius 2 is 1.71 bits per heavy atom.